The first-order chi connectivity index (χ1) is 9.47. The summed E-state index contributed by atoms with van der Waals surface area (Å²) in [5, 5.41) is 0. The molecular weight excluding hydrogens is 272 g/mol. The molecule has 2 rings (SSSR count). The molecule has 0 aliphatic heterocycles. The molecule has 0 saturated carbocycles. The van der Waals surface area contributed by atoms with Gasteiger partial charge in [0.2, 0.25) is 0 Å². The summed E-state index contributed by atoms with van der Waals surface area (Å²) in [6.07, 6.45) is 0. The molecule has 0 aliphatic rings. The number of fused-ring (bicyclic) bond motifs is 1. The van der Waals surface area contributed by atoms with Crippen molar-refractivity contribution < 1.29 is 19.1 Å². The highest BCUT2D eigenvalue weighted by Crippen LogP contribution is 2.09. The molecule has 0 radical (unpaired) electrons. The second-order valence-electron chi connectivity index (χ2n) is 3.51. The van der Waals surface area contributed by atoms with Crippen LogP contribution in [-0.2, 0) is 9.47 Å². The molecule has 104 valence electrons. The predicted octanol–water partition coefficient (Wildman–Crippen LogP) is -1.42. The zero-order valence-electron chi connectivity index (χ0n) is 10.3. The van der Waals surface area contributed by atoms with Crippen LogP contribution in [0.5, 0.6) is 0 Å². The molecule has 10 nitrogen and oxygen atoms in total. The van der Waals surface area contributed by atoms with Gasteiger partial charge in [-0.05, 0) is 0 Å². The van der Waals surface area contributed by atoms with Crippen LogP contribution in [0.4, 0.5) is 0 Å². The van der Waals surface area contributed by atoms with E-state index in [9.17, 15) is 19.2 Å². The van der Waals surface area contributed by atoms with E-state index < -0.39 is 34.6 Å². The number of rotatable bonds is 2. The number of nitrogens with one attached hydrogen (secondary N) is 2. The maximum Gasteiger partial charge on any atom is 0.359 e. The van der Waals surface area contributed by atoms with Crippen LogP contribution in [0.2, 0.25) is 0 Å². The number of carbonyl (C=O) groups excluding carboxylic acids is 2. The highest BCUT2D eigenvalue weighted by atomic mass is 16.5. The second-order valence-corrected chi connectivity index (χ2v) is 3.51. The summed E-state index contributed by atoms with van der Waals surface area (Å²) in [7, 11) is 2.15. The Balaban J connectivity index is 2.88. The fourth-order valence-corrected chi connectivity index (χ4v) is 1.46. The van der Waals surface area contributed by atoms with Crippen molar-refractivity contribution in [3.05, 3.63) is 32.2 Å². The first kappa shape index (κ1) is 13.4. The molecule has 20 heavy (non-hydrogen) atoms. The van der Waals surface area contributed by atoms with Gasteiger partial charge in [0.25, 0.3) is 5.56 Å². The zero-order chi connectivity index (χ0) is 14.9. The van der Waals surface area contributed by atoms with Crippen molar-refractivity contribution >= 4 is 23.1 Å². The number of methoxy groups -OCH3 is 2. The van der Waals surface area contributed by atoms with Gasteiger partial charge in [-0.15, -0.1) is 0 Å². The molecule has 0 unspecified atom stereocenters. The SMILES string of the molecule is COC(=O)c1nc2[nH]c(=O)[nH]c(=O)c2nc1C(=O)OC. The lowest BCUT2D eigenvalue weighted by Crippen LogP contribution is -2.26. The summed E-state index contributed by atoms with van der Waals surface area (Å²) in [5.74, 6) is -1.92. The van der Waals surface area contributed by atoms with Crippen LogP contribution in [-0.4, -0.2) is 46.1 Å². The Kier molecular flexibility index (Phi) is 3.29. The number of ether oxygens (including phenoxy) is 2. The van der Waals surface area contributed by atoms with Crippen molar-refractivity contribution in [1.82, 2.24) is 19.9 Å². The van der Waals surface area contributed by atoms with E-state index in [4.69, 9.17) is 0 Å². The molecule has 2 N–H and O–H groups in total. The fraction of sp³-hybridized carbons (Fsp3) is 0.200. The Morgan fingerprint density at radius 3 is 2.05 bits per heavy atom. The molecule has 0 bridgehead atoms. The highest BCUT2D eigenvalue weighted by Gasteiger charge is 2.24. The van der Waals surface area contributed by atoms with Crippen molar-refractivity contribution in [3.63, 3.8) is 0 Å². The van der Waals surface area contributed by atoms with Gasteiger partial charge in [0, 0.05) is 0 Å². The van der Waals surface area contributed by atoms with Crippen LogP contribution >= 0.6 is 0 Å². The molecular formula is C10H8N4O6. The molecule has 0 amide bonds. The minimum Gasteiger partial charge on any atom is -0.464 e. The minimum absolute atomic E-state index is 0.244. The molecule has 0 aromatic carbocycles. The number of hydrogen-bond donors (Lipinski definition) is 2. The number of hydrogen-bond acceptors (Lipinski definition) is 8. The third-order valence-electron chi connectivity index (χ3n) is 2.33. The van der Waals surface area contributed by atoms with Crippen molar-refractivity contribution in [1.29, 1.82) is 0 Å². The van der Waals surface area contributed by atoms with E-state index in [-0.39, 0.29) is 11.2 Å². The standard InChI is InChI=1S/C10H8N4O6/c1-19-8(16)3-4(9(17)20-2)12-6-5(11-3)7(15)14-10(18)13-6/h1-2H3,(H2,12,13,14,15,18). The summed E-state index contributed by atoms with van der Waals surface area (Å²) in [6.45, 7) is 0. The number of aromatic nitrogens is 4. The van der Waals surface area contributed by atoms with Gasteiger partial charge >= 0.3 is 17.6 Å². The molecule has 0 saturated heterocycles. The van der Waals surface area contributed by atoms with Gasteiger partial charge in [-0.2, -0.15) is 0 Å². The normalized spacial score (nSPS) is 10.3. The van der Waals surface area contributed by atoms with Crippen molar-refractivity contribution in [2.24, 2.45) is 0 Å². The van der Waals surface area contributed by atoms with Gasteiger partial charge in [0.05, 0.1) is 14.2 Å². The largest absolute Gasteiger partial charge is 0.464 e. The van der Waals surface area contributed by atoms with Gasteiger partial charge < -0.3 is 9.47 Å². The molecule has 0 aliphatic carbocycles. The Hall–Kier alpha value is -3.04. The van der Waals surface area contributed by atoms with Crippen LogP contribution in [0.25, 0.3) is 11.2 Å². The monoisotopic (exact) mass is 280 g/mol. The average Bonchev–Trinajstić information content (AvgIpc) is 2.44. The Labute approximate surface area is 109 Å². The van der Waals surface area contributed by atoms with Crippen molar-refractivity contribution in [3.8, 4) is 0 Å². The fourth-order valence-electron chi connectivity index (χ4n) is 1.46. The molecule has 2 aromatic rings. The lowest BCUT2D eigenvalue weighted by atomic mass is 10.3. The van der Waals surface area contributed by atoms with Crippen LogP contribution in [0.3, 0.4) is 0 Å². The summed E-state index contributed by atoms with van der Waals surface area (Å²) in [6, 6.07) is 0. The van der Waals surface area contributed by atoms with Gasteiger partial charge in [0.15, 0.2) is 22.6 Å². The summed E-state index contributed by atoms with van der Waals surface area (Å²) < 4.78 is 8.90. The van der Waals surface area contributed by atoms with E-state index in [1.807, 2.05) is 4.98 Å². The number of nitrogens with zero attached hydrogens (tertiary/aromatic N) is 2. The van der Waals surface area contributed by atoms with Gasteiger partial charge in [-0.3, -0.25) is 14.8 Å². The van der Waals surface area contributed by atoms with E-state index in [1.54, 1.807) is 0 Å². The molecule has 10 heteroatoms. The molecule has 0 spiro atoms. The topological polar surface area (TPSA) is 144 Å². The number of carbonyl (C=O) groups is 2. The first-order valence-corrected chi connectivity index (χ1v) is 5.19. The van der Waals surface area contributed by atoms with Gasteiger partial charge in [0.1, 0.15) is 0 Å². The van der Waals surface area contributed by atoms with E-state index in [0.29, 0.717) is 0 Å². The maximum absolute atomic E-state index is 11.6. The number of esters is 2. The van der Waals surface area contributed by atoms with Gasteiger partial charge in [-0.1, -0.05) is 0 Å². The molecule has 0 fully saturated rings. The molecule has 2 heterocycles. The van der Waals surface area contributed by atoms with E-state index in [2.05, 4.69) is 24.4 Å². The lowest BCUT2D eigenvalue weighted by Gasteiger charge is -2.05. The Morgan fingerprint density at radius 1 is 0.950 bits per heavy atom. The third kappa shape index (κ3) is 2.13. The zero-order valence-corrected chi connectivity index (χ0v) is 10.3. The predicted molar refractivity (Wildman–Crippen MR) is 63.5 cm³/mol. The Morgan fingerprint density at radius 2 is 1.50 bits per heavy atom. The van der Waals surface area contributed by atoms with Crippen LogP contribution in [0, 0.1) is 0 Å². The number of H-pyrrole nitrogens is 2. The summed E-state index contributed by atoms with van der Waals surface area (Å²) in [5.41, 5.74) is -3.17. The van der Waals surface area contributed by atoms with Crippen molar-refractivity contribution in [2.75, 3.05) is 14.2 Å². The Bertz CT molecular complexity index is 821. The third-order valence-corrected chi connectivity index (χ3v) is 2.33. The smallest absolute Gasteiger partial charge is 0.359 e. The molecule has 0 atom stereocenters. The number of aromatic amines is 2. The lowest BCUT2D eigenvalue weighted by molar-refractivity contribution is 0.0545. The maximum atomic E-state index is 11.6. The van der Waals surface area contributed by atoms with Crippen molar-refractivity contribution in [2.45, 2.75) is 0 Å². The van der Waals surface area contributed by atoms with E-state index in [1.165, 1.54) is 0 Å². The van der Waals surface area contributed by atoms with Crippen LogP contribution < -0.4 is 11.2 Å². The highest BCUT2D eigenvalue weighted by molar-refractivity contribution is 6.01. The van der Waals surface area contributed by atoms with Gasteiger partial charge in [-0.25, -0.2) is 24.4 Å². The quantitative estimate of drug-likeness (QED) is 0.637. The van der Waals surface area contributed by atoms with Crippen LogP contribution in [0.1, 0.15) is 21.0 Å². The van der Waals surface area contributed by atoms with Crippen LogP contribution in [0.15, 0.2) is 9.59 Å². The van der Waals surface area contributed by atoms with E-state index in [0.717, 1.165) is 14.2 Å². The van der Waals surface area contributed by atoms with E-state index >= 15 is 0 Å². The second kappa shape index (κ2) is 4.91. The summed E-state index contributed by atoms with van der Waals surface area (Å²) >= 11 is 0. The molecule has 2 aromatic heterocycles. The minimum atomic E-state index is -0.967. The summed E-state index contributed by atoms with van der Waals surface area (Å²) in [4.78, 5) is 57.4. The average molecular weight is 280 g/mol. The first-order valence-electron chi connectivity index (χ1n) is 5.19.